The monoisotopic (exact) mass is 286 g/mol. The number of benzene rings is 1. The molecule has 0 spiro atoms. The molecular formula is C18H26N2O. The molecule has 0 amide bonds. The lowest BCUT2D eigenvalue weighted by atomic mass is 9.84. The Kier molecular flexibility index (Phi) is 3.52. The number of nitrogens with one attached hydrogen (secondary N) is 1. The maximum atomic E-state index is 5.69. The van der Waals surface area contributed by atoms with E-state index in [0.29, 0.717) is 12.1 Å². The molecule has 0 bridgehead atoms. The fourth-order valence-corrected chi connectivity index (χ4v) is 4.11. The van der Waals surface area contributed by atoms with Gasteiger partial charge in [0.15, 0.2) is 0 Å². The molecule has 3 heteroatoms. The summed E-state index contributed by atoms with van der Waals surface area (Å²) >= 11 is 0. The first kappa shape index (κ1) is 13.7. The van der Waals surface area contributed by atoms with Crippen molar-refractivity contribution >= 4 is 0 Å². The van der Waals surface area contributed by atoms with Crippen molar-refractivity contribution in [1.29, 1.82) is 0 Å². The zero-order valence-electron chi connectivity index (χ0n) is 12.9. The smallest absolute Gasteiger partial charge is 0.0623 e. The predicted octanol–water partition coefficient (Wildman–Crippen LogP) is 2.37. The Balaban J connectivity index is 1.63. The van der Waals surface area contributed by atoms with E-state index in [1.807, 2.05) is 0 Å². The Morgan fingerprint density at radius 3 is 2.67 bits per heavy atom. The third kappa shape index (κ3) is 2.52. The predicted molar refractivity (Wildman–Crippen MR) is 84.2 cm³/mol. The van der Waals surface area contributed by atoms with E-state index < -0.39 is 0 Å². The van der Waals surface area contributed by atoms with Gasteiger partial charge in [-0.15, -0.1) is 0 Å². The summed E-state index contributed by atoms with van der Waals surface area (Å²) in [7, 11) is 0. The number of hydrogen-bond donors (Lipinski definition) is 1. The van der Waals surface area contributed by atoms with Crippen LogP contribution in [0, 0.1) is 5.92 Å². The van der Waals surface area contributed by atoms with Crippen molar-refractivity contribution in [3.05, 3.63) is 35.9 Å². The summed E-state index contributed by atoms with van der Waals surface area (Å²) in [5.74, 6) is 0.912. The molecule has 1 aromatic rings. The SMILES string of the molecule is CC1(c2ccccc2)CNC(C2CC2)CN1C1CCOC1. The summed E-state index contributed by atoms with van der Waals surface area (Å²) in [5, 5.41) is 3.84. The van der Waals surface area contributed by atoms with Gasteiger partial charge in [0.25, 0.3) is 0 Å². The number of rotatable bonds is 3. The maximum absolute atomic E-state index is 5.69. The fraction of sp³-hybridized carbons (Fsp3) is 0.667. The van der Waals surface area contributed by atoms with Crippen molar-refractivity contribution < 1.29 is 4.74 Å². The van der Waals surface area contributed by atoms with E-state index in [9.17, 15) is 0 Å². The molecule has 0 aromatic heterocycles. The van der Waals surface area contributed by atoms with E-state index in [-0.39, 0.29) is 5.54 Å². The quantitative estimate of drug-likeness (QED) is 0.923. The largest absolute Gasteiger partial charge is 0.380 e. The third-order valence-electron chi connectivity index (χ3n) is 5.67. The molecule has 3 aliphatic rings. The average Bonchev–Trinajstić information content (AvgIpc) is 3.23. The Bertz CT molecular complexity index is 481. The maximum Gasteiger partial charge on any atom is 0.0623 e. The minimum Gasteiger partial charge on any atom is -0.380 e. The first-order valence-electron chi connectivity index (χ1n) is 8.41. The van der Waals surface area contributed by atoms with Crippen LogP contribution in [-0.4, -0.2) is 43.3 Å². The van der Waals surface area contributed by atoms with Crippen LogP contribution < -0.4 is 5.32 Å². The van der Waals surface area contributed by atoms with Crippen molar-refractivity contribution in [3.63, 3.8) is 0 Å². The zero-order chi connectivity index (χ0) is 14.3. The van der Waals surface area contributed by atoms with E-state index in [0.717, 1.165) is 25.7 Å². The van der Waals surface area contributed by atoms with Crippen molar-refractivity contribution in [3.8, 4) is 0 Å². The molecule has 3 unspecified atom stereocenters. The minimum absolute atomic E-state index is 0.0883. The van der Waals surface area contributed by atoms with Crippen LogP contribution in [0.3, 0.4) is 0 Å². The van der Waals surface area contributed by atoms with Gasteiger partial charge in [-0.05, 0) is 37.7 Å². The van der Waals surface area contributed by atoms with Crippen LogP contribution >= 0.6 is 0 Å². The molecule has 3 nitrogen and oxygen atoms in total. The molecule has 114 valence electrons. The molecule has 1 saturated carbocycles. The lowest BCUT2D eigenvalue weighted by Gasteiger charge is -2.51. The minimum atomic E-state index is 0.0883. The standard InChI is InChI=1S/C18H26N2O/c1-18(15-5-3-2-4-6-15)13-19-17(14-7-8-14)11-20(18)16-9-10-21-12-16/h2-6,14,16-17,19H,7-13H2,1H3. The van der Waals surface area contributed by atoms with Crippen LogP contribution in [-0.2, 0) is 10.3 Å². The fourth-order valence-electron chi connectivity index (χ4n) is 4.11. The van der Waals surface area contributed by atoms with Crippen LogP contribution in [0.25, 0.3) is 0 Å². The van der Waals surface area contributed by atoms with E-state index in [1.54, 1.807) is 0 Å². The van der Waals surface area contributed by atoms with E-state index >= 15 is 0 Å². The van der Waals surface area contributed by atoms with Gasteiger partial charge < -0.3 is 10.1 Å². The van der Waals surface area contributed by atoms with Gasteiger partial charge in [0, 0.05) is 31.8 Å². The number of piperazine rings is 1. The van der Waals surface area contributed by atoms with Crippen LogP contribution in [0.1, 0.15) is 31.7 Å². The van der Waals surface area contributed by atoms with Gasteiger partial charge >= 0.3 is 0 Å². The molecule has 0 radical (unpaired) electrons. The molecule has 1 aromatic carbocycles. The summed E-state index contributed by atoms with van der Waals surface area (Å²) in [5.41, 5.74) is 1.52. The molecule has 3 fully saturated rings. The van der Waals surface area contributed by atoms with Crippen molar-refractivity contribution in [2.75, 3.05) is 26.3 Å². The van der Waals surface area contributed by atoms with E-state index in [4.69, 9.17) is 4.74 Å². The molecule has 4 rings (SSSR count). The second-order valence-corrected chi connectivity index (χ2v) is 7.13. The molecule has 2 saturated heterocycles. The summed E-state index contributed by atoms with van der Waals surface area (Å²) in [6, 6.07) is 12.3. The number of ether oxygens (including phenoxy) is 1. The summed E-state index contributed by atoms with van der Waals surface area (Å²) in [6.45, 7) is 6.45. The topological polar surface area (TPSA) is 24.5 Å². The number of hydrogen-bond acceptors (Lipinski definition) is 3. The highest BCUT2D eigenvalue weighted by Crippen LogP contribution is 2.40. The molecule has 1 aliphatic carbocycles. The Labute approximate surface area is 127 Å². The highest BCUT2D eigenvalue weighted by Gasteiger charge is 2.46. The first-order valence-corrected chi connectivity index (χ1v) is 8.41. The van der Waals surface area contributed by atoms with Crippen LogP contribution in [0.2, 0.25) is 0 Å². The summed E-state index contributed by atoms with van der Waals surface area (Å²) < 4.78 is 5.69. The van der Waals surface area contributed by atoms with Gasteiger partial charge in [-0.1, -0.05) is 30.3 Å². The molecule has 2 aliphatic heterocycles. The van der Waals surface area contributed by atoms with E-state index in [1.165, 1.54) is 31.4 Å². The molecule has 1 N–H and O–H groups in total. The Morgan fingerprint density at radius 2 is 2.00 bits per heavy atom. The second kappa shape index (κ2) is 5.38. The highest BCUT2D eigenvalue weighted by molar-refractivity contribution is 5.26. The zero-order valence-corrected chi connectivity index (χ0v) is 12.9. The Morgan fingerprint density at radius 1 is 1.19 bits per heavy atom. The molecule has 2 heterocycles. The summed E-state index contributed by atoms with van der Waals surface area (Å²) in [4.78, 5) is 2.74. The second-order valence-electron chi connectivity index (χ2n) is 7.13. The molecular weight excluding hydrogens is 260 g/mol. The van der Waals surface area contributed by atoms with Crippen molar-refractivity contribution in [1.82, 2.24) is 10.2 Å². The van der Waals surface area contributed by atoms with Crippen molar-refractivity contribution in [2.24, 2.45) is 5.92 Å². The van der Waals surface area contributed by atoms with Crippen LogP contribution in [0.15, 0.2) is 30.3 Å². The van der Waals surface area contributed by atoms with Gasteiger partial charge in [0.1, 0.15) is 0 Å². The van der Waals surface area contributed by atoms with Crippen molar-refractivity contribution in [2.45, 2.75) is 43.8 Å². The van der Waals surface area contributed by atoms with E-state index in [2.05, 4.69) is 47.5 Å². The van der Waals surface area contributed by atoms with Crippen LogP contribution in [0.4, 0.5) is 0 Å². The third-order valence-corrected chi connectivity index (χ3v) is 5.67. The highest BCUT2D eigenvalue weighted by atomic mass is 16.5. The van der Waals surface area contributed by atoms with Gasteiger partial charge in [-0.2, -0.15) is 0 Å². The lowest BCUT2D eigenvalue weighted by molar-refractivity contribution is 0.00192. The normalized spacial score (nSPS) is 37.8. The average molecular weight is 286 g/mol. The molecule has 3 atom stereocenters. The van der Waals surface area contributed by atoms with Gasteiger partial charge in [0.05, 0.1) is 12.1 Å². The number of nitrogens with zero attached hydrogens (tertiary/aromatic N) is 1. The van der Waals surface area contributed by atoms with Gasteiger partial charge in [0.2, 0.25) is 0 Å². The lowest BCUT2D eigenvalue weighted by Crippen LogP contribution is -2.64. The van der Waals surface area contributed by atoms with Gasteiger partial charge in [-0.3, -0.25) is 4.90 Å². The van der Waals surface area contributed by atoms with Gasteiger partial charge in [-0.25, -0.2) is 0 Å². The Hall–Kier alpha value is -0.900. The summed E-state index contributed by atoms with van der Waals surface area (Å²) in [6.07, 6.45) is 4.00. The first-order chi connectivity index (χ1) is 10.3. The van der Waals surface area contributed by atoms with Crippen LogP contribution in [0.5, 0.6) is 0 Å². The molecule has 21 heavy (non-hydrogen) atoms.